The summed E-state index contributed by atoms with van der Waals surface area (Å²) in [6.07, 6.45) is 5.34. The zero-order valence-corrected chi connectivity index (χ0v) is 16.2. The number of piperidine rings is 1. The number of piperazine rings is 1. The van der Waals surface area contributed by atoms with Crippen LogP contribution in [0.4, 0.5) is 0 Å². The number of ether oxygens (including phenoxy) is 1. The molecule has 11 heteroatoms. The van der Waals surface area contributed by atoms with Gasteiger partial charge in [-0.25, -0.2) is 9.97 Å². The molecule has 0 aromatic carbocycles. The van der Waals surface area contributed by atoms with Crippen LogP contribution >= 0.6 is 0 Å². The molecule has 2 atom stereocenters. The SMILES string of the molecule is COCC(=O)N1CCN(C(=O)c2cncnc2)[C@@H](C(=O)N[C@@H]2CCCNC2=O)C1. The van der Waals surface area contributed by atoms with E-state index in [2.05, 4.69) is 20.6 Å². The molecule has 0 saturated carbocycles. The van der Waals surface area contributed by atoms with E-state index in [0.29, 0.717) is 13.0 Å². The summed E-state index contributed by atoms with van der Waals surface area (Å²) in [4.78, 5) is 60.7. The van der Waals surface area contributed by atoms with E-state index in [1.807, 2.05) is 0 Å². The minimum Gasteiger partial charge on any atom is -0.375 e. The maximum atomic E-state index is 13.0. The summed E-state index contributed by atoms with van der Waals surface area (Å²) in [5.74, 6) is -1.40. The van der Waals surface area contributed by atoms with Gasteiger partial charge in [-0.3, -0.25) is 19.2 Å². The van der Waals surface area contributed by atoms with E-state index in [9.17, 15) is 19.2 Å². The highest BCUT2D eigenvalue weighted by Gasteiger charge is 2.39. The Bertz CT molecular complexity index is 773. The van der Waals surface area contributed by atoms with Crippen LogP contribution in [0.2, 0.25) is 0 Å². The normalized spacial score (nSPS) is 22.0. The van der Waals surface area contributed by atoms with Crippen LogP contribution in [-0.2, 0) is 19.1 Å². The molecule has 29 heavy (non-hydrogen) atoms. The topological polar surface area (TPSA) is 134 Å². The summed E-state index contributed by atoms with van der Waals surface area (Å²) in [6.45, 7) is 0.918. The Morgan fingerprint density at radius 1 is 1.28 bits per heavy atom. The third-order valence-electron chi connectivity index (χ3n) is 4.97. The largest absolute Gasteiger partial charge is 0.375 e. The first-order valence-electron chi connectivity index (χ1n) is 9.42. The number of carbonyl (C=O) groups excluding carboxylic acids is 4. The number of hydrogen-bond acceptors (Lipinski definition) is 7. The van der Waals surface area contributed by atoms with E-state index in [1.54, 1.807) is 0 Å². The highest BCUT2D eigenvalue weighted by Crippen LogP contribution is 2.15. The summed E-state index contributed by atoms with van der Waals surface area (Å²) in [5, 5.41) is 5.43. The predicted molar refractivity (Wildman–Crippen MR) is 99.5 cm³/mol. The fourth-order valence-electron chi connectivity index (χ4n) is 3.44. The Morgan fingerprint density at radius 3 is 2.72 bits per heavy atom. The van der Waals surface area contributed by atoms with Crippen molar-refractivity contribution in [2.45, 2.75) is 24.9 Å². The van der Waals surface area contributed by atoms with Crippen molar-refractivity contribution in [3.8, 4) is 0 Å². The first kappa shape index (κ1) is 20.6. The van der Waals surface area contributed by atoms with Crippen molar-refractivity contribution in [1.29, 1.82) is 0 Å². The number of carbonyl (C=O) groups is 4. The number of nitrogens with zero attached hydrogens (tertiary/aromatic N) is 4. The first-order valence-corrected chi connectivity index (χ1v) is 9.42. The quantitative estimate of drug-likeness (QED) is 0.590. The van der Waals surface area contributed by atoms with Gasteiger partial charge in [-0.05, 0) is 12.8 Å². The molecule has 0 aliphatic carbocycles. The van der Waals surface area contributed by atoms with E-state index in [0.717, 1.165) is 6.42 Å². The highest BCUT2D eigenvalue weighted by atomic mass is 16.5. The molecular weight excluding hydrogens is 380 g/mol. The minimum atomic E-state index is -0.938. The molecule has 2 N–H and O–H groups in total. The molecule has 2 aliphatic heterocycles. The lowest BCUT2D eigenvalue weighted by atomic mass is 10.0. The molecule has 1 aromatic heterocycles. The van der Waals surface area contributed by atoms with E-state index < -0.39 is 23.9 Å². The maximum absolute atomic E-state index is 13.0. The molecule has 4 amide bonds. The van der Waals surface area contributed by atoms with E-state index in [1.165, 1.54) is 35.6 Å². The van der Waals surface area contributed by atoms with E-state index >= 15 is 0 Å². The van der Waals surface area contributed by atoms with Crippen LogP contribution in [0, 0.1) is 0 Å². The Balaban J connectivity index is 1.78. The zero-order chi connectivity index (χ0) is 20.8. The molecule has 2 fully saturated rings. The first-order chi connectivity index (χ1) is 14.0. The van der Waals surface area contributed by atoms with Gasteiger partial charge in [0.1, 0.15) is 25.0 Å². The molecule has 11 nitrogen and oxygen atoms in total. The number of amides is 4. The Morgan fingerprint density at radius 2 is 2.03 bits per heavy atom. The van der Waals surface area contributed by atoms with Gasteiger partial charge in [0.25, 0.3) is 5.91 Å². The lowest BCUT2D eigenvalue weighted by Gasteiger charge is -2.41. The van der Waals surface area contributed by atoms with Crippen LogP contribution < -0.4 is 10.6 Å². The average molecular weight is 404 g/mol. The van der Waals surface area contributed by atoms with Gasteiger partial charge in [-0.15, -0.1) is 0 Å². The van der Waals surface area contributed by atoms with Crippen molar-refractivity contribution in [2.75, 3.05) is 39.9 Å². The minimum absolute atomic E-state index is 0.0157. The van der Waals surface area contributed by atoms with Crippen molar-refractivity contribution in [2.24, 2.45) is 0 Å². The summed E-state index contributed by atoms with van der Waals surface area (Å²) < 4.78 is 4.89. The lowest BCUT2D eigenvalue weighted by Crippen LogP contribution is -2.64. The molecule has 2 aliphatic rings. The molecule has 0 spiro atoms. The standard InChI is InChI=1S/C18H24N6O5/c1-29-10-15(25)23-5-6-24(18(28)12-7-19-11-20-8-12)14(9-23)17(27)22-13-3-2-4-21-16(13)26/h7-8,11,13-14H,2-6,9-10H2,1H3,(H,21,26)(H,22,27)/t13-,14-/m1/s1. The van der Waals surface area contributed by atoms with Gasteiger partial charge in [0, 0.05) is 39.1 Å². The van der Waals surface area contributed by atoms with Gasteiger partial charge >= 0.3 is 0 Å². The number of methoxy groups -OCH3 is 1. The molecule has 1 aromatic rings. The van der Waals surface area contributed by atoms with E-state index in [4.69, 9.17) is 4.74 Å². The number of hydrogen-bond donors (Lipinski definition) is 2. The van der Waals surface area contributed by atoms with Gasteiger partial charge in [0.2, 0.25) is 17.7 Å². The van der Waals surface area contributed by atoms with Crippen molar-refractivity contribution >= 4 is 23.6 Å². The van der Waals surface area contributed by atoms with Crippen molar-refractivity contribution in [3.05, 3.63) is 24.3 Å². The average Bonchev–Trinajstić information content (AvgIpc) is 2.75. The van der Waals surface area contributed by atoms with Crippen LogP contribution in [0.1, 0.15) is 23.2 Å². The molecule has 0 radical (unpaired) electrons. The van der Waals surface area contributed by atoms with Gasteiger partial charge in [-0.2, -0.15) is 0 Å². The monoisotopic (exact) mass is 404 g/mol. The predicted octanol–water partition coefficient (Wildman–Crippen LogP) is -1.83. The second-order valence-corrected chi connectivity index (χ2v) is 6.91. The number of nitrogens with one attached hydrogen (secondary N) is 2. The summed E-state index contributed by atoms with van der Waals surface area (Å²) in [6, 6.07) is -1.59. The van der Waals surface area contributed by atoms with Crippen molar-refractivity contribution < 1.29 is 23.9 Å². The van der Waals surface area contributed by atoms with E-state index in [-0.39, 0.29) is 43.6 Å². The smallest absolute Gasteiger partial charge is 0.257 e. The zero-order valence-electron chi connectivity index (χ0n) is 16.2. The molecule has 156 valence electrons. The summed E-state index contributed by atoms with van der Waals surface area (Å²) in [7, 11) is 1.42. The molecule has 0 unspecified atom stereocenters. The molecule has 3 heterocycles. The van der Waals surface area contributed by atoms with Crippen molar-refractivity contribution in [1.82, 2.24) is 30.4 Å². The van der Waals surface area contributed by atoms with Gasteiger partial charge in [0.15, 0.2) is 0 Å². The van der Waals surface area contributed by atoms with Crippen molar-refractivity contribution in [3.63, 3.8) is 0 Å². The third kappa shape index (κ3) is 4.86. The molecule has 3 rings (SSSR count). The highest BCUT2D eigenvalue weighted by molar-refractivity contribution is 5.98. The second kappa shape index (κ2) is 9.41. The Hall–Kier alpha value is -3.08. The summed E-state index contributed by atoms with van der Waals surface area (Å²) >= 11 is 0. The fourth-order valence-corrected chi connectivity index (χ4v) is 3.44. The third-order valence-corrected chi connectivity index (χ3v) is 4.97. The lowest BCUT2D eigenvalue weighted by molar-refractivity contribution is -0.141. The van der Waals surface area contributed by atoms with Crippen LogP contribution in [0.5, 0.6) is 0 Å². The van der Waals surface area contributed by atoms with Crippen LogP contribution in [0.3, 0.4) is 0 Å². The number of rotatable bonds is 5. The molecule has 2 saturated heterocycles. The van der Waals surface area contributed by atoms with Crippen LogP contribution in [-0.4, -0.2) is 95.4 Å². The Labute approximate surface area is 167 Å². The Kier molecular flexibility index (Phi) is 6.70. The second-order valence-electron chi connectivity index (χ2n) is 6.91. The summed E-state index contributed by atoms with van der Waals surface area (Å²) in [5.41, 5.74) is 0.248. The molecule has 0 bridgehead atoms. The van der Waals surface area contributed by atoms with Gasteiger partial charge < -0.3 is 25.2 Å². The van der Waals surface area contributed by atoms with Crippen LogP contribution in [0.15, 0.2) is 18.7 Å². The van der Waals surface area contributed by atoms with Crippen LogP contribution in [0.25, 0.3) is 0 Å². The van der Waals surface area contributed by atoms with Gasteiger partial charge in [-0.1, -0.05) is 0 Å². The van der Waals surface area contributed by atoms with Gasteiger partial charge in [0.05, 0.1) is 12.1 Å². The fraction of sp³-hybridized carbons (Fsp3) is 0.556. The molecular formula is C18H24N6O5. The number of aromatic nitrogens is 2. The maximum Gasteiger partial charge on any atom is 0.257 e.